The van der Waals surface area contributed by atoms with Crippen LogP contribution in [0.1, 0.15) is 79.6 Å². The fourth-order valence-electron chi connectivity index (χ4n) is 7.11. The molecule has 0 aromatic carbocycles. The Kier molecular flexibility index (Phi) is 4.29. The third-order valence-corrected chi connectivity index (χ3v) is 8.34. The van der Waals surface area contributed by atoms with Gasteiger partial charge in [0, 0.05) is 17.0 Å². The number of amides is 3. The van der Waals surface area contributed by atoms with Gasteiger partial charge in [-0.05, 0) is 82.5 Å². The van der Waals surface area contributed by atoms with Crippen molar-refractivity contribution in [1.29, 1.82) is 0 Å². The van der Waals surface area contributed by atoms with Crippen LogP contribution in [0.4, 0.5) is 4.79 Å². The van der Waals surface area contributed by atoms with Gasteiger partial charge >= 0.3 is 6.03 Å². The van der Waals surface area contributed by atoms with Crippen molar-refractivity contribution >= 4 is 11.9 Å². The van der Waals surface area contributed by atoms with Gasteiger partial charge in [-0.3, -0.25) is 9.69 Å². The zero-order chi connectivity index (χ0) is 19.6. The average molecular weight is 373 g/mol. The van der Waals surface area contributed by atoms with E-state index in [9.17, 15) is 9.59 Å². The van der Waals surface area contributed by atoms with Crippen LogP contribution in [-0.2, 0) is 4.79 Å². The van der Waals surface area contributed by atoms with Crippen molar-refractivity contribution < 1.29 is 9.59 Å². The van der Waals surface area contributed by atoms with Gasteiger partial charge in [0.15, 0.2) is 0 Å². The summed E-state index contributed by atoms with van der Waals surface area (Å²) >= 11 is 0. The van der Waals surface area contributed by atoms with Crippen molar-refractivity contribution in [2.45, 2.75) is 91.1 Å². The Bertz CT molecular complexity index is 678. The van der Waals surface area contributed by atoms with Gasteiger partial charge in [0.1, 0.15) is 0 Å². The zero-order valence-corrected chi connectivity index (χ0v) is 17.7. The van der Waals surface area contributed by atoms with E-state index < -0.39 is 0 Å². The highest BCUT2D eigenvalue weighted by molar-refractivity contribution is 6.02. The van der Waals surface area contributed by atoms with E-state index in [1.807, 2.05) is 20.8 Å². The van der Waals surface area contributed by atoms with Crippen molar-refractivity contribution in [2.75, 3.05) is 0 Å². The summed E-state index contributed by atoms with van der Waals surface area (Å²) in [7, 11) is 0. The summed E-state index contributed by atoms with van der Waals surface area (Å²) in [5.74, 6) is 2.01. The maximum absolute atomic E-state index is 13.0. The maximum atomic E-state index is 13.0. The number of imide groups is 1. The highest BCUT2D eigenvalue weighted by atomic mass is 16.2. The summed E-state index contributed by atoms with van der Waals surface area (Å²) in [6.45, 7) is 10.7. The first-order valence-electron chi connectivity index (χ1n) is 10.9. The summed E-state index contributed by atoms with van der Waals surface area (Å²) < 4.78 is 0. The van der Waals surface area contributed by atoms with E-state index in [4.69, 9.17) is 0 Å². The predicted octanol–water partition coefficient (Wildman–Crippen LogP) is 4.89. The van der Waals surface area contributed by atoms with E-state index >= 15 is 0 Å². The Morgan fingerprint density at radius 3 is 2.56 bits per heavy atom. The fraction of sp³-hybridized carbons (Fsp3) is 0.826. The second-order valence-electron chi connectivity index (χ2n) is 11.1. The lowest BCUT2D eigenvalue weighted by Gasteiger charge is -2.59. The third kappa shape index (κ3) is 2.94. The fourth-order valence-corrected chi connectivity index (χ4v) is 7.11. The second kappa shape index (κ2) is 6.09. The zero-order valence-electron chi connectivity index (χ0n) is 17.7. The molecule has 0 unspecified atom stereocenters. The van der Waals surface area contributed by atoms with Crippen molar-refractivity contribution in [1.82, 2.24) is 10.2 Å². The number of carbonyl (C=O) groups excluding carboxylic acids is 2. The summed E-state index contributed by atoms with van der Waals surface area (Å²) in [5.41, 5.74) is 0.0977. The molecule has 4 aliphatic rings. The van der Waals surface area contributed by atoms with E-state index in [2.05, 4.69) is 25.2 Å². The van der Waals surface area contributed by atoms with E-state index in [0.29, 0.717) is 11.3 Å². The Morgan fingerprint density at radius 1 is 1.11 bits per heavy atom. The maximum Gasteiger partial charge on any atom is 0.325 e. The number of nitrogens with zero attached hydrogens (tertiary/aromatic N) is 1. The van der Waals surface area contributed by atoms with Crippen LogP contribution in [0.15, 0.2) is 12.2 Å². The van der Waals surface area contributed by atoms with Gasteiger partial charge in [0.25, 0.3) is 5.91 Å². The predicted molar refractivity (Wildman–Crippen MR) is 107 cm³/mol. The molecule has 3 aliphatic carbocycles. The molecule has 1 N–H and O–H groups in total. The Hall–Kier alpha value is -1.32. The van der Waals surface area contributed by atoms with E-state index in [1.165, 1.54) is 32.1 Å². The molecule has 27 heavy (non-hydrogen) atoms. The van der Waals surface area contributed by atoms with Crippen LogP contribution < -0.4 is 5.32 Å². The Balaban J connectivity index is 1.64. The van der Waals surface area contributed by atoms with Crippen LogP contribution in [0.25, 0.3) is 0 Å². The third-order valence-electron chi connectivity index (χ3n) is 8.34. The number of carbonyl (C=O) groups is 2. The summed E-state index contributed by atoms with van der Waals surface area (Å²) in [5, 5.41) is 3.02. The molecule has 3 amide bonds. The van der Waals surface area contributed by atoms with E-state index in [-0.39, 0.29) is 28.9 Å². The molecule has 0 saturated heterocycles. The van der Waals surface area contributed by atoms with Crippen molar-refractivity contribution in [2.24, 2.45) is 28.6 Å². The number of urea groups is 1. The topological polar surface area (TPSA) is 49.4 Å². The van der Waals surface area contributed by atoms with Gasteiger partial charge < -0.3 is 5.32 Å². The van der Waals surface area contributed by atoms with E-state index in [1.54, 1.807) is 11.0 Å². The minimum Gasteiger partial charge on any atom is -0.333 e. The molecule has 4 nitrogen and oxygen atoms in total. The Morgan fingerprint density at radius 2 is 1.85 bits per heavy atom. The largest absolute Gasteiger partial charge is 0.333 e. The molecular formula is C23H36N2O2. The molecule has 1 heterocycles. The standard InChI is InChI=1S/C23H36N2O2/c1-21(2,3)24-20(27)25-18-9-8-15-16-7-6-12-22(16,4)13-10-17(15)23(18,5)14-11-19(25)26/h11,14-18H,6-10,12-13H2,1-5H3,(H,24,27)/t15-,16-,17-,18+,22-,23+/m0/s1. The molecule has 1 aliphatic heterocycles. The van der Waals surface area contributed by atoms with Crippen molar-refractivity contribution in [3.8, 4) is 0 Å². The molecule has 0 spiro atoms. The molecule has 150 valence electrons. The summed E-state index contributed by atoms with van der Waals surface area (Å²) in [6.07, 6.45) is 12.6. The number of fused-ring (bicyclic) bond motifs is 5. The molecule has 0 radical (unpaired) electrons. The SMILES string of the molecule is CC(C)(C)NC(=O)N1C(=O)C=C[C@]2(C)[C@H]3CC[C@]4(C)CCC[C@H]4[C@@H]3CC[C@@H]12. The lowest BCUT2D eigenvalue weighted by molar-refractivity contribution is -0.135. The molecule has 4 heteroatoms. The van der Waals surface area contributed by atoms with Gasteiger partial charge in [-0.1, -0.05) is 26.3 Å². The minimum atomic E-state index is -0.345. The first kappa shape index (κ1) is 19.0. The molecule has 6 atom stereocenters. The summed E-state index contributed by atoms with van der Waals surface area (Å²) in [6, 6.07) is -0.239. The smallest absolute Gasteiger partial charge is 0.325 e. The Labute approximate surface area is 164 Å². The number of nitrogens with one attached hydrogen (secondary N) is 1. The van der Waals surface area contributed by atoms with Gasteiger partial charge in [-0.2, -0.15) is 0 Å². The van der Waals surface area contributed by atoms with Gasteiger partial charge in [-0.25, -0.2) is 4.79 Å². The first-order chi connectivity index (χ1) is 12.6. The number of hydrogen-bond acceptors (Lipinski definition) is 2. The molecule has 4 rings (SSSR count). The van der Waals surface area contributed by atoms with Crippen LogP contribution in [0.3, 0.4) is 0 Å². The highest BCUT2D eigenvalue weighted by Gasteiger charge is 2.59. The van der Waals surface area contributed by atoms with Crippen LogP contribution in [0.2, 0.25) is 0 Å². The molecule has 0 aromatic heterocycles. The minimum absolute atomic E-state index is 0.00985. The van der Waals surface area contributed by atoms with Gasteiger partial charge in [0.2, 0.25) is 0 Å². The lowest BCUT2D eigenvalue weighted by atomic mass is 9.48. The average Bonchev–Trinajstić information content (AvgIpc) is 2.95. The normalized spacial score (nSPS) is 43.7. The van der Waals surface area contributed by atoms with Crippen LogP contribution in [0.5, 0.6) is 0 Å². The van der Waals surface area contributed by atoms with Crippen LogP contribution >= 0.6 is 0 Å². The highest BCUT2D eigenvalue weighted by Crippen LogP contribution is 2.63. The monoisotopic (exact) mass is 372 g/mol. The first-order valence-corrected chi connectivity index (χ1v) is 10.9. The van der Waals surface area contributed by atoms with E-state index in [0.717, 1.165) is 24.7 Å². The molecule has 0 aromatic rings. The number of rotatable bonds is 0. The van der Waals surface area contributed by atoms with Gasteiger partial charge in [0.05, 0.1) is 6.04 Å². The quantitative estimate of drug-likeness (QED) is 0.658. The van der Waals surface area contributed by atoms with Crippen molar-refractivity contribution in [3.05, 3.63) is 12.2 Å². The van der Waals surface area contributed by atoms with Crippen molar-refractivity contribution in [3.63, 3.8) is 0 Å². The lowest BCUT2D eigenvalue weighted by Crippen LogP contribution is -2.64. The summed E-state index contributed by atoms with van der Waals surface area (Å²) in [4.78, 5) is 27.2. The number of hydrogen-bond donors (Lipinski definition) is 1. The molecular weight excluding hydrogens is 336 g/mol. The molecule has 3 fully saturated rings. The molecule has 3 saturated carbocycles. The van der Waals surface area contributed by atoms with Crippen LogP contribution in [0, 0.1) is 28.6 Å². The second-order valence-corrected chi connectivity index (χ2v) is 11.1. The van der Waals surface area contributed by atoms with Crippen LogP contribution in [-0.4, -0.2) is 28.4 Å². The molecule has 0 bridgehead atoms. The van der Waals surface area contributed by atoms with Gasteiger partial charge in [-0.15, -0.1) is 0 Å².